The summed E-state index contributed by atoms with van der Waals surface area (Å²) in [6.07, 6.45) is 5.81. The molecule has 0 atom stereocenters. The zero-order valence-electron chi connectivity index (χ0n) is 14.2. The molecule has 5 rings (SSSR count). The highest BCUT2D eigenvalue weighted by Crippen LogP contribution is 2.55. The predicted octanol–water partition coefficient (Wildman–Crippen LogP) is 6.15. The highest BCUT2D eigenvalue weighted by atomic mass is 32.2. The Balaban J connectivity index is 1.47. The molecular formula is C22H22FNS. The molecule has 1 aliphatic carbocycles. The van der Waals surface area contributed by atoms with Crippen molar-refractivity contribution in [3.63, 3.8) is 0 Å². The lowest BCUT2D eigenvalue weighted by atomic mass is 9.76. The lowest BCUT2D eigenvalue weighted by molar-refractivity contribution is 0.358. The van der Waals surface area contributed by atoms with Gasteiger partial charge in [0.15, 0.2) is 0 Å². The number of hydrogen-bond donors (Lipinski definition) is 1. The fraction of sp³-hybridized carbons (Fsp3) is 0.364. The molecule has 25 heavy (non-hydrogen) atoms. The van der Waals surface area contributed by atoms with Crippen LogP contribution in [0.3, 0.4) is 0 Å². The van der Waals surface area contributed by atoms with E-state index in [9.17, 15) is 4.39 Å². The number of rotatable bonds is 1. The number of H-pyrrole nitrogens is 1. The highest BCUT2D eigenvalue weighted by Gasteiger charge is 2.42. The molecular weight excluding hydrogens is 329 g/mol. The number of nitrogens with one attached hydrogen (secondary N) is 1. The van der Waals surface area contributed by atoms with Crippen molar-refractivity contribution in [1.82, 2.24) is 4.98 Å². The number of halogens is 1. The number of fused-ring (bicyclic) bond motifs is 4. The Bertz CT molecular complexity index is 921. The summed E-state index contributed by atoms with van der Waals surface area (Å²) < 4.78 is 13.8. The predicted molar refractivity (Wildman–Crippen MR) is 104 cm³/mol. The van der Waals surface area contributed by atoms with Crippen LogP contribution in [0, 0.1) is 5.82 Å². The molecule has 1 spiro atoms. The Kier molecular flexibility index (Phi) is 3.67. The largest absolute Gasteiger partial charge is 0.357 e. The van der Waals surface area contributed by atoms with Gasteiger partial charge in [0.1, 0.15) is 5.82 Å². The normalized spacial score (nSPS) is 26.0. The van der Waals surface area contributed by atoms with Gasteiger partial charge in [-0.2, -0.15) is 0 Å². The molecule has 1 saturated carbocycles. The Morgan fingerprint density at radius 1 is 1.04 bits per heavy atom. The molecule has 3 heteroatoms. The maximum atomic E-state index is 13.6. The van der Waals surface area contributed by atoms with E-state index in [0.717, 1.165) is 12.8 Å². The van der Waals surface area contributed by atoms with E-state index in [1.54, 1.807) is 17.7 Å². The molecule has 0 radical (unpaired) electrons. The molecule has 1 N–H and O–H groups in total. The highest BCUT2D eigenvalue weighted by molar-refractivity contribution is 8.00. The Labute approximate surface area is 152 Å². The summed E-state index contributed by atoms with van der Waals surface area (Å²) in [5.74, 6) is 1.60. The van der Waals surface area contributed by atoms with Gasteiger partial charge in [-0.25, -0.2) is 4.39 Å². The molecule has 1 fully saturated rings. The van der Waals surface area contributed by atoms with Gasteiger partial charge in [-0.1, -0.05) is 30.3 Å². The van der Waals surface area contributed by atoms with Crippen molar-refractivity contribution in [2.24, 2.45) is 0 Å². The minimum atomic E-state index is -0.109. The van der Waals surface area contributed by atoms with Gasteiger partial charge in [0.2, 0.25) is 0 Å². The molecule has 2 aromatic carbocycles. The number of benzene rings is 2. The van der Waals surface area contributed by atoms with E-state index in [4.69, 9.17) is 0 Å². The fourth-order valence-electron chi connectivity index (χ4n) is 4.84. The van der Waals surface area contributed by atoms with Crippen LogP contribution < -0.4 is 0 Å². The Morgan fingerprint density at radius 3 is 2.72 bits per heavy atom. The molecule has 0 unspecified atom stereocenters. The molecule has 0 amide bonds. The van der Waals surface area contributed by atoms with E-state index in [1.165, 1.54) is 47.2 Å². The van der Waals surface area contributed by atoms with Crippen LogP contribution in [0.25, 0.3) is 10.9 Å². The molecule has 1 nitrogen and oxygen atoms in total. The summed E-state index contributed by atoms with van der Waals surface area (Å²) in [5.41, 5.74) is 5.47. The fourth-order valence-corrected chi connectivity index (χ4v) is 6.38. The van der Waals surface area contributed by atoms with Crippen molar-refractivity contribution in [1.29, 1.82) is 0 Å². The minimum Gasteiger partial charge on any atom is -0.357 e. The van der Waals surface area contributed by atoms with Crippen molar-refractivity contribution >= 4 is 22.7 Å². The third-order valence-electron chi connectivity index (χ3n) is 6.11. The topological polar surface area (TPSA) is 15.8 Å². The van der Waals surface area contributed by atoms with Crippen molar-refractivity contribution in [2.75, 3.05) is 5.75 Å². The number of aromatic amines is 1. The number of aromatic nitrogens is 1. The second-order valence-electron chi connectivity index (χ2n) is 7.45. The van der Waals surface area contributed by atoms with Gasteiger partial charge in [-0.15, -0.1) is 11.8 Å². The summed E-state index contributed by atoms with van der Waals surface area (Å²) in [5, 5.41) is 1.41. The molecule has 1 aliphatic heterocycles. The van der Waals surface area contributed by atoms with Gasteiger partial charge in [-0.3, -0.25) is 0 Å². The standard InChI is InChI=1S/C22H22FNS/c23-17-5-3-4-16(14-17)15-8-11-22(12-9-15)21-19(10-13-25-22)18-6-1-2-7-20(18)24-21/h1-7,14-15,24H,8-13H2. The number of para-hydroxylation sites is 1. The summed E-state index contributed by atoms with van der Waals surface area (Å²) in [6.45, 7) is 0. The van der Waals surface area contributed by atoms with Crippen LogP contribution in [0.1, 0.15) is 48.4 Å². The monoisotopic (exact) mass is 351 g/mol. The van der Waals surface area contributed by atoms with Crippen LogP contribution in [0.4, 0.5) is 4.39 Å². The zero-order valence-corrected chi connectivity index (χ0v) is 15.0. The summed E-state index contributed by atoms with van der Waals surface area (Å²) in [7, 11) is 0. The summed E-state index contributed by atoms with van der Waals surface area (Å²) in [6, 6.07) is 15.9. The SMILES string of the molecule is Fc1cccc(C2CCC3(CC2)SCCc2c3[nH]c3ccccc23)c1. The molecule has 2 heterocycles. The average molecular weight is 351 g/mol. The molecule has 3 aromatic rings. The lowest BCUT2D eigenvalue weighted by Crippen LogP contribution is -2.32. The first-order chi connectivity index (χ1) is 12.3. The summed E-state index contributed by atoms with van der Waals surface area (Å²) in [4.78, 5) is 3.76. The van der Waals surface area contributed by atoms with Gasteiger partial charge < -0.3 is 4.98 Å². The Morgan fingerprint density at radius 2 is 1.88 bits per heavy atom. The van der Waals surface area contributed by atoms with E-state index < -0.39 is 0 Å². The van der Waals surface area contributed by atoms with Gasteiger partial charge in [0.25, 0.3) is 0 Å². The van der Waals surface area contributed by atoms with Crippen molar-refractivity contribution < 1.29 is 4.39 Å². The van der Waals surface area contributed by atoms with Gasteiger partial charge >= 0.3 is 0 Å². The van der Waals surface area contributed by atoms with E-state index in [2.05, 4.69) is 47.1 Å². The van der Waals surface area contributed by atoms with Gasteiger partial charge in [-0.05, 0) is 73.1 Å². The molecule has 0 bridgehead atoms. The molecule has 128 valence electrons. The van der Waals surface area contributed by atoms with E-state index in [-0.39, 0.29) is 10.6 Å². The second-order valence-corrected chi connectivity index (χ2v) is 8.92. The van der Waals surface area contributed by atoms with Crippen LogP contribution in [-0.2, 0) is 11.2 Å². The Hall–Kier alpha value is -1.74. The van der Waals surface area contributed by atoms with Crippen LogP contribution in [0.2, 0.25) is 0 Å². The third-order valence-corrected chi connectivity index (χ3v) is 7.69. The number of thioether (sulfide) groups is 1. The quantitative estimate of drug-likeness (QED) is 0.556. The van der Waals surface area contributed by atoms with Crippen LogP contribution in [0.15, 0.2) is 48.5 Å². The maximum absolute atomic E-state index is 13.6. The van der Waals surface area contributed by atoms with E-state index in [1.807, 2.05) is 6.07 Å². The van der Waals surface area contributed by atoms with Crippen molar-refractivity contribution in [3.05, 3.63) is 71.2 Å². The average Bonchev–Trinajstić information content (AvgIpc) is 3.03. The van der Waals surface area contributed by atoms with Crippen molar-refractivity contribution in [3.8, 4) is 0 Å². The molecule has 2 aliphatic rings. The van der Waals surface area contributed by atoms with Crippen molar-refractivity contribution in [2.45, 2.75) is 42.8 Å². The maximum Gasteiger partial charge on any atom is 0.123 e. The number of aryl methyl sites for hydroxylation is 1. The van der Waals surface area contributed by atoms with Crippen LogP contribution in [0.5, 0.6) is 0 Å². The van der Waals surface area contributed by atoms with Gasteiger partial charge in [0, 0.05) is 16.6 Å². The zero-order chi connectivity index (χ0) is 16.9. The second kappa shape index (κ2) is 5.91. The van der Waals surface area contributed by atoms with E-state index >= 15 is 0 Å². The molecule has 0 saturated heterocycles. The van der Waals surface area contributed by atoms with E-state index in [0.29, 0.717) is 5.92 Å². The third kappa shape index (κ3) is 2.52. The first kappa shape index (κ1) is 15.5. The smallest absolute Gasteiger partial charge is 0.123 e. The first-order valence-electron chi connectivity index (χ1n) is 9.25. The lowest BCUT2D eigenvalue weighted by Gasteiger charge is -2.42. The van der Waals surface area contributed by atoms with Crippen LogP contribution >= 0.6 is 11.8 Å². The first-order valence-corrected chi connectivity index (χ1v) is 10.2. The number of hydrogen-bond acceptors (Lipinski definition) is 1. The summed E-state index contributed by atoms with van der Waals surface area (Å²) >= 11 is 2.14. The van der Waals surface area contributed by atoms with Gasteiger partial charge in [0.05, 0.1) is 4.75 Å². The molecule has 1 aromatic heterocycles. The van der Waals surface area contributed by atoms with Crippen LogP contribution in [-0.4, -0.2) is 10.7 Å². The minimum absolute atomic E-state index is 0.109.